The van der Waals surface area contributed by atoms with E-state index in [0.717, 1.165) is 26.8 Å². The highest BCUT2D eigenvalue weighted by Crippen LogP contribution is 2.31. The van der Waals surface area contributed by atoms with Gasteiger partial charge in [-0.15, -0.1) is 11.3 Å². The Labute approximate surface area is 138 Å². The van der Waals surface area contributed by atoms with Crippen LogP contribution in [0.3, 0.4) is 0 Å². The van der Waals surface area contributed by atoms with Crippen molar-refractivity contribution in [2.24, 2.45) is 0 Å². The van der Waals surface area contributed by atoms with Gasteiger partial charge >= 0.3 is 0 Å². The molecule has 3 nitrogen and oxygen atoms in total. The summed E-state index contributed by atoms with van der Waals surface area (Å²) in [5, 5.41) is 7.46. The van der Waals surface area contributed by atoms with E-state index in [4.69, 9.17) is 11.6 Å². The highest BCUT2D eigenvalue weighted by atomic mass is 35.5. The fourth-order valence-corrected chi connectivity index (χ4v) is 4.49. The van der Waals surface area contributed by atoms with E-state index in [1.165, 1.54) is 24.2 Å². The predicted octanol–water partition coefficient (Wildman–Crippen LogP) is 3.69. The molecule has 114 valence electrons. The number of nitrogens with one attached hydrogen (secondary N) is 2. The fraction of sp³-hybridized carbons (Fsp3) is 0.353. The number of hydrogen-bond acceptors (Lipinski definition) is 3. The van der Waals surface area contributed by atoms with Crippen LogP contribution in [0.2, 0.25) is 5.02 Å². The number of halogens is 1. The molecule has 1 aromatic carbocycles. The number of fused-ring (bicyclic) bond motifs is 2. The summed E-state index contributed by atoms with van der Waals surface area (Å²) in [5.74, 6) is 0.0459. The van der Waals surface area contributed by atoms with Gasteiger partial charge in [-0.25, -0.2) is 0 Å². The molecule has 3 unspecified atom stereocenters. The third-order valence-electron chi connectivity index (χ3n) is 4.58. The molecule has 5 heteroatoms. The second kappa shape index (κ2) is 5.69. The highest BCUT2D eigenvalue weighted by molar-refractivity contribution is 7.17. The topological polar surface area (TPSA) is 41.1 Å². The number of rotatable bonds is 3. The number of benzene rings is 1. The highest BCUT2D eigenvalue weighted by Gasteiger charge is 2.39. The monoisotopic (exact) mass is 332 g/mol. The van der Waals surface area contributed by atoms with E-state index >= 15 is 0 Å². The van der Waals surface area contributed by atoms with Crippen molar-refractivity contribution in [2.45, 2.75) is 37.4 Å². The molecule has 2 fully saturated rings. The normalized spacial score (nSPS) is 26.3. The van der Waals surface area contributed by atoms with Crippen molar-refractivity contribution >= 4 is 28.8 Å². The second-order valence-electron chi connectivity index (χ2n) is 6.03. The maximum absolute atomic E-state index is 12.4. The zero-order valence-electron chi connectivity index (χ0n) is 12.0. The van der Waals surface area contributed by atoms with Gasteiger partial charge in [0.2, 0.25) is 0 Å². The zero-order chi connectivity index (χ0) is 15.1. The molecular formula is C17H17ClN2OS. The number of carbonyl (C=O) groups is 1. The lowest BCUT2D eigenvalue weighted by Gasteiger charge is -2.20. The molecule has 4 rings (SSSR count). The van der Waals surface area contributed by atoms with Crippen molar-refractivity contribution in [1.29, 1.82) is 0 Å². The number of hydrogen-bond donors (Lipinski definition) is 2. The Bertz CT molecular complexity index is 697. The lowest BCUT2D eigenvalue weighted by atomic mass is 9.95. The first-order valence-electron chi connectivity index (χ1n) is 7.62. The fourth-order valence-electron chi connectivity index (χ4n) is 3.45. The molecule has 2 bridgehead atoms. The van der Waals surface area contributed by atoms with Gasteiger partial charge in [-0.2, -0.15) is 0 Å². The second-order valence-corrected chi connectivity index (χ2v) is 7.55. The van der Waals surface area contributed by atoms with E-state index in [2.05, 4.69) is 10.6 Å². The molecule has 3 atom stereocenters. The van der Waals surface area contributed by atoms with Gasteiger partial charge in [-0.05, 0) is 49.1 Å². The molecule has 0 spiro atoms. The van der Waals surface area contributed by atoms with Crippen molar-refractivity contribution in [1.82, 2.24) is 10.6 Å². The van der Waals surface area contributed by atoms with Crippen LogP contribution in [0.4, 0.5) is 0 Å². The Kier molecular flexibility index (Phi) is 3.68. The molecule has 1 amide bonds. The average molecular weight is 333 g/mol. The van der Waals surface area contributed by atoms with Gasteiger partial charge in [-0.3, -0.25) is 4.79 Å². The van der Waals surface area contributed by atoms with Crippen molar-refractivity contribution < 1.29 is 4.79 Å². The van der Waals surface area contributed by atoms with Gasteiger partial charge < -0.3 is 10.6 Å². The maximum Gasteiger partial charge on any atom is 0.261 e. The minimum atomic E-state index is 0.0459. The molecule has 2 saturated heterocycles. The quantitative estimate of drug-likeness (QED) is 0.900. The summed E-state index contributed by atoms with van der Waals surface area (Å²) in [6.07, 6.45) is 3.48. The summed E-state index contributed by atoms with van der Waals surface area (Å²) in [6, 6.07) is 13.0. The van der Waals surface area contributed by atoms with E-state index < -0.39 is 0 Å². The average Bonchev–Trinajstić information content (AvgIpc) is 3.24. The lowest BCUT2D eigenvalue weighted by molar-refractivity contribution is 0.0935. The van der Waals surface area contributed by atoms with Crippen LogP contribution in [-0.4, -0.2) is 24.0 Å². The van der Waals surface area contributed by atoms with Gasteiger partial charge in [0.15, 0.2) is 0 Å². The Morgan fingerprint density at radius 1 is 1.18 bits per heavy atom. The first-order chi connectivity index (χ1) is 10.7. The minimum Gasteiger partial charge on any atom is -0.347 e. The van der Waals surface area contributed by atoms with Crippen molar-refractivity contribution in [2.75, 3.05) is 0 Å². The third-order valence-corrected chi connectivity index (χ3v) is 5.96. The van der Waals surface area contributed by atoms with E-state index in [9.17, 15) is 4.79 Å². The zero-order valence-corrected chi connectivity index (χ0v) is 13.6. The molecule has 0 aliphatic carbocycles. The van der Waals surface area contributed by atoms with Crippen LogP contribution in [0.25, 0.3) is 10.4 Å². The van der Waals surface area contributed by atoms with Crippen LogP contribution in [0.15, 0.2) is 36.4 Å². The van der Waals surface area contributed by atoms with E-state index in [1.807, 2.05) is 36.4 Å². The molecule has 2 aromatic rings. The van der Waals surface area contributed by atoms with Crippen LogP contribution < -0.4 is 10.6 Å². The summed E-state index contributed by atoms with van der Waals surface area (Å²) in [6.45, 7) is 0. The largest absolute Gasteiger partial charge is 0.347 e. The third kappa shape index (κ3) is 2.67. The van der Waals surface area contributed by atoms with E-state index in [1.54, 1.807) is 0 Å². The van der Waals surface area contributed by atoms with E-state index in [0.29, 0.717) is 12.1 Å². The molecule has 2 aliphatic rings. The van der Waals surface area contributed by atoms with Crippen LogP contribution in [-0.2, 0) is 0 Å². The molecular weight excluding hydrogens is 316 g/mol. The summed E-state index contributed by atoms with van der Waals surface area (Å²) in [4.78, 5) is 14.3. The predicted molar refractivity (Wildman–Crippen MR) is 90.6 cm³/mol. The van der Waals surface area contributed by atoms with Gasteiger partial charge in [-0.1, -0.05) is 23.7 Å². The van der Waals surface area contributed by atoms with Crippen LogP contribution in [0.1, 0.15) is 28.9 Å². The van der Waals surface area contributed by atoms with E-state index in [-0.39, 0.29) is 11.9 Å². The summed E-state index contributed by atoms with van der Waals surface area (Å²) in [5.41, 5.74) is 1.09. The van der Waals surface area contributed by atoms with Crippen LogP contribution in [0.5, 0.6) is 0 Å². The molecule has 3 heterocycles. The number of thiophene rings is 1. The van der Waals surface area contributed by atoms with Crippen molar-refractivity contribution in [3.63, 3.8) is 0 Å². The summed E-state index contributed by atoms with van der Waals surface area (Å²) < 4.78 is 0. The molecule has 2 aliphatic heterocycles. The Balaban J connectivity index is 1.46. The Hall–Kier alpha value is -1.36. The van der Waals surface area contributed by atoms with Gasteiger partial charge in [0.1, 0.15) is 0 Å². The van der Waals surface area contributed by atoms with Crippen LogP contribution >= 0.6 is 22.9 Å². The SMILES string of the molecule is O=C(NC1CC2CCC1N2)c1ccc(-c2ccc(Cl)cc2)s1. The van der Waals surface area contributed by atoms with Crippen LogP contribution in [0, 0.1) is 0 Å². The number of carbonyl (C=O) groups excluding carboxylic acids is 1. The molecule has 0 saturated carbocycles. The van der Waals surface area contributed by atoms with Gasteiger partial charge in [0.05, 0.1) is 4.88 Å². The smallest absolute Gasteiger partial charge is 0.261 e. The summed E-state index contributed by atoms with van der Waals surface area (Å²) in [7, 11) is 0. The van der Waals surface area contributed by atoms with Gasteiger partial charge in [0.25, 0.3) is 5.91 Å². The van der Waals surface area contributed by atoms with Gasteiger partial charge in [0, 0.05) is 28.0 Å². The summed E-state index contributed by atoms with van der Waals surface area (Å²) >= 11 is 7.44. The molecule has 0 radical (unpaired) electrons. The molecule has 2 N–H and O–H groups in total. The molecule has 1 aromatic heterocycles. The maximum atomic E-state index is 12.4. The minimum absolute atomic E-state index is 0.0459. The lowest BCUT2D eigenvalue weighted by Crippen LogP contribution is -2.42. The van der Waals surface area contributed by atoms with Crippen molar-refractivity contribution in [3.8, 4) is 10.4 Å². The first-order valence-corrected chi connectivity index (χ1v) is 8.81. The molecule has 22 heavy (non-hydrogen) atoms. The standard InChI is InChI=1S/C17H17ClN2OS/c18-11-3-1-10(2-4-11)15-7-8-16(22-15)17(21)20-14-9-12-5-6-13(14)19-12/h1-4,7-8,12-14,19H,5-6,9H2,(H,20,21). The first kappa shape index (κ1) is 14.2. The van der Waals surface area contributed by atoms with Crippen molar-refractivity contribution in [3.05, 3.63) is 46.3 Å². The Morgan fingerprint density at radius 2 is 2.00 bits per heavy atom. The number of amides is 1. The Morgan fingerprint density at radius 3 is 2.68 bits per heavy atom.